The molecule has 0 saturated heterocycles. The van der Waals surface area contributed by atoms with E-state index in [0.717, 1.165) is 11.3 Å². The summed E-state index contributed by atoms with van der Waals surface area (Å²) in [7, 11) is 1.63. The molecular formula is C12H18N2O2. The molecular weight excluding hydrogens is 204 g/mol. The third-order valence-electron chi connectivity index (χ3n) is 1.99. The molecule has 1 rings (SSSR count). The first-order valence-electron chi connectivity index (χ1n) is 5.28. The molecule has 2 amide bonds. The van der Waals surface area contributed by atoms with E-state index in [1.807, 2.05) is 38.1 Å². The fraction of sp³-hybridized carbons (Fsp3) is 0.417. The molecule has 4 heteroatoms. The van der Waals surface area contributed by atoms with Crippen molar-refractivity contribution in [3.05, 3.63) is 29.8 Å². The Morgan fingerprint density at radius 2 is 2.06 bits per heavy atom. The molecule has 4 nitrogen and oxygen atoms in total. The minimum absolute atomic E-state index is 0.120. The summed E-state index contributed by atoms with van der Waals surface area (Å²) in [4.78, 5) is 11.5. The molecule has 0 fully saturated rings. The highest BCUT2D eigenvalue weighted by Crippen LogP contribution is 2.15. The number of rotatable bonds is 4. The first-order valence-corrected chi connectivity index (χ1v) is 5.28. The van der Waals surface area contributed by atoms with Gasteiger partial charge in [0, 0.05) is 24.4 Å². The van der Waals surface area contributed by atoms with Crippen LogP contribution in [0, 0.1) is 0 Å². The Bertz CT molecular complexity index is 351. The number of amides is 2. The van der Waals surface area contributed by atoms with Gasteiger partial charge >= 0.3 is 6.03 Å². The third-order valence-corrected chi connectivity index (χ3v) is 1.99. The predicted octanol–water partition coefficient (Wildman–Crippen LogP) is 2.36. The number of urea groups is 1. The molecule has 0 bridgehead atoms. The number of carbonyl (C=O) groups excluding carboxylic acids is 1. The highest BCUT2D eigenvalue weighted by molar-refractivity contribution is 5.90. The maximum Gasteiger partial charge on any atom is 0.319 e. The topological polar surface area (TPSA) is 50.4 Å². The molecule has 0 aliphatic heterocycles. The second-order valence-corrected chi connectivity index (χ2v) is 3.84. The van der Waals surface area contributed by atoms with Crippen LogP contribution in [0.25, 0.3) is 0 Å². The molecule has 2 N–H and O–H groups in total. The predicted molar refractivity (Wildman–Crippen MR) is 64.4 cm³/mol. The zero-order valence-corrected chi connectivity index (χ0v) is 9.91. The molecule has 0 aromatic heterocycles. The van der Waals surface area contributed by atoms with Crippen molar-refractivity contribution < 1.29 is 9.53 Å². The number of benzene rings is 1. The Morgan fingerprint density at radius 3 is 2.69 bits per heavy atom. The highest BCUT2D eigenvalue weighted by atomic mass is 16.5. The highest BCUT2D eigenvalue weighted by Gasteiger charge is 2.06. The molecule has 0 aliphatic rings. The molecule has 1 aromatic rings. The third kappa shape index (κ3) is 3.90. The van der Waals surface area contributed by atoms with E-state index < -0.39 is 0 Å². The van der Waals surface area contributed by atoms with E-state index >= 15 is 0 Å². The van der Waals surface area contributed by atoms with Crippen LogP contribution >= 0.6 is 0 Å². The van der Waals surface area contributed by atoms with Gasteiger partial charge in [0.1, 0.15) is 0 Å². The van der Waals surface area contributed by atoms with Crippen molar-refractivity contribution in [3.8, 4) is 0 Å². The summed E-state index contributed by atoms with van der Waals surface area (Å²) in [6, 6.07) is 7.50. The van der Waals surface area contributed by atoms with Crippen LogP contribution < -0.4 is 10.6 Å². The number of ether oxygens (including phenoxy) is 1. The van der Waals surface area contributed by atoms with E-state index in [1.54, 1.807) is 7.11 Å². The summed E-state index contributed by atoms with van der Waals surface area (Å²) in [5.74, 6) is 0. The number of methoxy groups -OCH3 is 1. The fourth-order valence-corrected chi connectivity index (χ4v) is 1.34. The molecule has 0 radical (unpaired) electrons. The molecule has 16 heavy (non-hydrogen) atoms. The Morgan fingerprint density at radius 1 is 1.38 bits per heavy atom. The van der Waals surface area contributed by atoms with E-state index in [0.29, 0.717) is 6.61 Å². The molecule has 0 atom stereocenters. The van der Waals surface area contributed by atoms with Crippen molar-refractivity contribution in [1.82, 2.24) is 5.32 Å². The van der Waals surface area contributed by atoms with Gasteiger partial charge in [-0.15, -0.1) is 0 Å². The average Bonchev–Trinajstić information content (AvgIpc) is 2.20. The van der Waals surface area contributed by atoms with Crippen LogP contribution in [0.15, 0.2) is 24.3 Å². The summed E-state index contributed by atoms with van der Waals surface area (Å²) in [5.41, 5.74) is 1.74. The van der Waals surface area contributed by atoms with Gasteiger partial charge in [0.2, 0.25) is 0 Å². The number of hydrogen-bond donors (Lipinski definition) is 2. The van der Waals surface area contributed by atoms with E-state index in [9.17, 15) is 4.79 Å². The monoisotopic (exact) mass is 222 g/mol. The lowest BCUT2D eigenvalue weighted by Gasteiger charge is -2.13. The van der Waals surface area contributed by atoms with Gasteiger partial charge in [-0.3, -0.25) is 0 Å². The minimum atomic E-state index is -0.196. The Balaban J connectivity index is 2.68. The van der Waals surface area contributed by atoms with Crippen LogP contribution in [0.3, 0.4) is 0 Å². The van der Waals surface area contributed by atoms with Crippen molar-refractivity contribution in [2.24, 2.45) is 0 Å². The van der Waals surface area contributed by atoms with Gasteiger partial charge < -0.3 is 15.4 Å². The van der Waals surface area contributed by atoms with Gasteiger partial charge in [-0.2, -0.15) is 0 Å². The molecule has 0 spiro atoms. The van der Waals surface area contributed by atoms with Crippen LogP contribution in [0.1, 0.15) is 19.4 Å². The van der Waals surface area contributed by atoms with Crippen molar-refractivity contribution in [2.45, 2.75) is 26.5 Å². The number of hydrogen-bond acceptors (Lipinski definition) is 2. The van der Waals surface area contributed by atoms with E-state index in [2.05, 4.69) is 10.6 Å². The minimum Gasteiger partial charge on any atom is -0.380 e. The van der Waals surface area contributed by atoms with Crippen LogP contribution in [0.2, 0.25) is 0 Å². The van der Waals surface area contributed by atoms with Crippen LogP contribution in [-0.4, -0.2) is 19.2 Å². The fourth-order valence-electron chi connectivity index (χ4n) is 1.34. The molecule has 88 valence electrons. The average molecular weight is 222 g/mol. The lowest BCUT2D eigenvalue weighted by atomic mass is 10.2. The standard InChI is InChI=1S/C12H18N2O2/c1-9(2)13-12(15)14-11-7-5-4-6-10(11)8-16-3/h4-7,9H,8H2,1-3H3,(H2,13,14,15). The summed E-state index contributed by atoms with van der Waals surface area (Å²) in [5, 5.41) is 5.57. The molecule has 0 saturated carbocycles. The summed E-state index contributed by atoms with van der Waals surface area (Å²) < 4.78 is 5.06. The van der Waals surface area contributed by atoms with Gasteiger partial charge in [0.15, 0.2) is 0 Å². The van der Waals surface area contributed by atoms with Crippen LogP contribution in [0.4, 0.5) is 10.5 Å². The van der Waals surface area contributed by atoms with Crippen LogP contribution in [0.5, 0.6) is 0 Å². The van der Waals surface area contributed by atoms with Crippen molar-refractivity contribution in [3.63, 3.8) is 0 Å². The first kappa shape index (κ1) is 12.5. The first-order chi connectivity index (χ1) is 7.63. The molecule has 0 unspecified atom stereocenters. The van der Waals surface area contributed by atoms with Crippen molar-refractivity contribution >= 4 is 11.7 Å². The number of para-hydroxylation sites is 1. The van der Waals surface area contributed by atoms with Gasteiger partial charge in [-0.05, 0) is 19.9 Å². The van der Waals surface area contributed by atoms with Gasteiger partial charge in [-0.25, -0.2) is 4.79 Å². The molecule has 0 aliphatic carbocycles. The zero-order valence-electron chi connectivity index (χ0n) is 9.91. The lowest BCUT2D eigenvalue weighted by Crippen LogP contribution is -2.34. The summed E-state index contributed by atoms with van der Waals surface area (Å²) >= 11 is 0. The van der Waals surface area contributed by atoms with E-state index in [1.165, 1.54) is 0 Å². The van der Waals surface area contributed by atoms with E-state index in [4.69, 9.17) is 4.74 Å². The smallest absolute Gasteiger partial charge is 0.319 e. The van der Waals surface area contributed by atoms with Gasteiger partial charge in [0.05, 0.1) is 6.61 Å². The summed E-state index contributed by atoms with van der Waals surface area (Å²) in [6.45, 7) is 4.32. The van der Waals surface area contributed by atoms with Crippen LogP contribution in [-0.2, 0) is 11.3 Å². The maximum absolute atomic E-state index is 11.5. The normalized spacial score (nSPS) is 10.2. The zero-order chi connectivity index (χ0) is 12.0. The quantitative estimate of drug-likeness (QED) is 0.821. The van der Waals surface area contributed by atoms with Crippen molar-refractivity contribution in [2.75, 3.05) is 12.4 Å². The SMILES string of the molecule is COCc1ccccc1NC(=O)NC(C)C. The lowest BCUT2D eigenvalue weighted by molar-refractivity contribution is 0.185. The second kappa shape index (κ2) is 6.12. The Hall–Kier alpha value is -1.55. The largest absolute Gasteiger partial charge is 0.380 e. The Labute approximate surface area is 96.0 Å². The van der Waals surface area contributed by atoms with E-state index in [-0.39, 0.29) is 12.1 Å². The molecule has 0 heterocycles. The second-order valence-electron chi connectivity index (χ2n) is 3.84. The number of anilines is 1. The maximum atomic E-state index is 11.5. The number of nitrogens with one attached hydrogen (secondary N) is 2. The summed E-state index contributed by atoms with van der Waals surface area (Å²) in [6.07, 6.45) is 0. The molecule has 1 aromatic carbocycles. The van der Waals surface area contributed by atoms with Gasteiger partial charge in [-0.1, -0.05) is 18.2 Å². The van der Waals surface area contributed by atoms with Crippen molar-refractivity contribution in [1.29, 1.82) is 0 Å². The number of carbonyl (C=O) groups is 1. The van der Waals surface area contributed by atoms with Gasteiger partial charge in [0.25, 0.3) is 0 Å². The Kier molecular flexibility index (Phi) is 4.79.